The van der Waals surface area contributed by atoms with Crippen molar-refractivity contribution >= 4 is 27.7 Å². The van der Waals surface area contributed by atoms with Crippen molar-refractivity contribution in [3.8, 4) is 0 Å². The maximum atomic E-state index is 14.0. The molecule has 1 saturated carbocycles. The molecule has 0 radical (unpaired) electrons. The molecule has 5 heteroatoms. The Kier molecular flexibility index (Phi) is 10.6. The van der Waals surface area contributed by atoms with Gasteiger partial charge in [0.25, 0.3) is 0 Å². The van der Waals surface area contributed by atoms with Gasteiger partial charge in [-0.15, -0.1) is 0 Å². The van der Waals surface area contributed by atoms with Crippen molar-refractivity contribution in [2.75, 3.05) is 0 Å². The second-order valence-corrected chi connectivity index (χ2v) is 13.1. The summed E-state index contributed by atoms with van der Waals surface area (Å²) in [5, 5.41) is 3.32. The fourth-order valence-electron chi connectivity index (χ4n) is 5.50. The smallest absolute Gasteiger partial charge is 0.243 e. The average molecular weight is 604 g/mol. The maximum Gasteiger partial charge on any atom is 0.243 e. The number of benzene rings is 3. The number of nitrogens with zero attached hydrogens (tertiary/aromatic N) is 1. The second kappa shape index (κ2) is 14.1. The Labute approximate surface area is 248 Å². The first-order valence-corrected chi connectivity index (χ1v) is 15.5. The summed E-state index contributed by atoms with van der Waals surface area (Å²) >= 11 is 3.57. The Morgan fingerprint density at radius 3 is 2.20 bits per heavy atom. The third kappa shape index (κ3) is 8.79. The number of carbonyl (C=O) groups excluding carboxylic acids is 2. The van der Waals surface area contributed by atoms with Crippen molar-refractivity contribution < 1.29 is 9.59 Å². The molecule has 40 heavy (non-hydrogen) atoms. The fraction of sp³-hybridized carbons (Fsp3) is 0.429. The van der Waals surface area contributed by atoms with Crippen LogP contribution in [-0.2, 0) is 34.4 Å². The van der Waals surface area contributed by atoms with Gasteiger partial charge >= 0.3 is 0 Å². The summed E-state index contributed by atoms with van der Waals surface area (Å²) in [5.41, 5.74) is 4.55. The number of halogens is 1. The number of hydrogen-bond acceptors (Lipinski definition) is 2. The molecule has 0 aliphatic heterocycles. The molecule has 212 valence electrons. The Bertz CT molecular complexity index is 1240. The van der Waals surface area contributed by atoms with Gasteiger partial charge in [0, 0.05) is 29.9 Å². The van der Waals surface area contributed by atoms with E-state index in [-0.39, 0.29) is 23.3 Å². The Morgan fingerprint density at radius 1 is 0.875 bits per heavy atom. The monoisotopic (exact) mass is 602 g/mol. The molecule has 3 aromatic rings. The van der Waals surface area contributed by atoms with Crippen LogP contribution >= 0.6 is 15.9 Å². The van der Waals surface area contributed by atoms with Crippen LogP contribution in [0.3, 0.4) is 0 Å². The first-order chi connectivity index (χ1) is 19.2. The van der Waals surface area contributed by atoms with Crippen LogP contribution in [0.2, 0.25) is 0 Å². The lowest BCUT2D eigenvalue weighted by atomic mass is 9.86. The van der Waals surface area contributed by atoms with E-state index in [9.17, 15) is 9.59 Å². The maximum absolute atomic E-state index is 14.0. The Hall–Kier alpha value is -2.92. The zero-order chi connectivity index (χ0) is 28.5. The summed E-state index contributed by atoms with van der Waals surface area (Å²) in [6.45, 7) is 7.00. The van der Waals surface area contributed by atoms with E-state index < -0.39 is 6.04 Å². The molecule has 4 rings (SSSR count). The number of carbonyl (C=O) groups is 2. The van der Waals surface area contributed by atoms with E-state index >= 15 is 0 Å². The third-order valence-corrected chi connectivity index (χ3v) is 8.41. The minimum Gasteiger partial charge on any atom is -0.352 e. The number of nitrogens with one attached hydrogen (secondary N) is 1. The molecule has 1 fully saturated rings. The Balaban J connectivity index is 1.59. The van der Waals surface area contributed by atoms with Crippen molar-refractivity contribution in [2.24, 2.45) is 0 Å². The third-order valence-electron chi connectivity index (χ3n) is 7.91. The van der Waals surface area contributed by atoms with Crippen LogP contribution in [0.1, 0.15) is 81.5 Å². The summed E-state index contributed by atoms with van der Waals surface area (Å²) < 4.78 is 0.961. The zero-order valence-corrected chi connectivity index (χ0v) is 25.8. The molecule has 0 aromatic heterocycles. The van der Waals surface area contributed by atoms with E-state index in [1.807, 2.05) is 59.5 Å². The minimum absolute atomic E-state index is 0.000372. The van der Waals surface area contributed by atoms with E-state index in [1.54, 1.807) is 0 Å². The minimum atomic E-state index is -0.584. The molecule has 1 atom stereocenters. The van der Waals surface area contributed by atoms with Crippen molar-refractivity contribution in [3.05, 3.63) is 106 Å². The summed E-state index contributed by atoms with van der Waals surface area (Å²) in [5.74, 6) is -0.0479. The lowest BCUT2D eigenvalue weighted by molar-refractivity contribution is -0.141. The summed E-state index contributed by atoms with van der Waals surface area (Å²) in [6.07, 6.45) is 7.00. The molecular formula is C35H43BrN2O2. The van der Waals surface area contributed by atoms with Gasteiger partial charge in [-0.3, -0.25) is 9.59 Å². The van der Waals surface area contributed by atoms with Crippen molar-refractivity contribution in [1.82, 2.24) is 10.2 Å². The van der Waals surface area contributed by atoms with Crippen LogP contribution in [0, 0.1) is 0 Å². The standard InChI is InChI=1S/C35H43BrN2O2/c1-35(2,3)29-20-17-26(18-21-29)19-22-33(39)38(25-28-13-10-14-30(36)23-28)32(24-27-11-6-4-7-12-27)34(40)37-31-15-8-5-9-16-31/h4,6-7,10-14,17-18,20-21,23,31-32H,5,8-9,15-16,19,22,24-25H2,1-3H3,(H,37,40)/t32-/m0/s1. The van der Waals surface area contributed by atoms with Crippen LogP contribution in [0.5, 0.6) is 0 Å². The Morgan fingerprint density at radius 2 is 1.55 bits per heavy atom. The van der Waals surface area contributed by atoms with Crippen LogP contribution in [-0.4, -0.2) is 28.8 Å². The molecule has 0 saturated heterocycles. The highest BCUT2D eigenvalue weighted by atomic mass is 79.9. The lowest BCUT2D eigenvalue weighted by Crippen LogP contribution is -2.52. The molecule has 1 aliphatic carbocycles. The molecule has 0 spiro atoms. The van der Waals surface area contributed by atoms with Gasteiger partial charge in [0.05, 0.1) is 0 Å². The van der Waals surface area contributed by atoms with Gasteiger partial charge in [-0.1, -0.05) is 123 Å². The number of aryl methyl sites for hydroxylation is 1. The normalized spacial score (nSPS) is 14.9. The van der Waals surface area contributed by atoms with Gasteiger partial charge in [0.1, 0.15) is 6.04 Å². The highest BCUT2D eigenvalue weighted by Gasteiger charge is 2.31. The first-order valence-electron chi connectivity index (χ1n) is 14.7. The highest BCUT2D eigenvalue weighted by molar-refractivity contribution is 9.10. The van der Waals surface area contributed by atoms with Gasteiger partial charge in [0.2, 0.25) is 11.8 Å². The van der Waals surface area contributed by atoms with Crippen LogP contribution < -0.4 is 5.32 Å². The van der Waals surface area contributed by atoms with Gasteiger partial charge in [-0.05, 0) is 59.1 Å². The molecule has 0 bridgehead atoms. The molecular weight excluding hydrogens is 560 g/mol. The van der Waals surface area contributed by atoms with Crippen LogP contribution in [0.25, 0.3) is 0 Å². The van der Waals surface area contributed by atoms with Crippen molar-refractivity contribution in [1.29, 1.82) is 0 Å². The molecule has 0 unspecified atom stereocenters. The van der Waals surface area contributed by atoms with Crippen molar-refractivity contribution in [3.63, 3.8) is 0 Å². The van der Waals surface area contributed by atoms with E-state index in [2.05, 4.69) is 66.3 Å². The number of rotatable bonds is 10. The summed E-state index contributed by atoms with van der Waals surface area (Å²) in [7, 11) is 0. The quantitative estimate of drug-likeness (QED) is 0.258. The molecule has 1 N–H and O–H groups in total. The van der Waals surface area contributed by atoms with E-state index in [0.29, 0.717) is 25.8 Å². The van der Waals surface area contributed by atoms with Gasteiger partial charge in [0.15, 0.2) is 0 Å². The van der Waals surface area contributed by atoms with Crippen LogP contribution in [0.4, 0.5) is 0 Å². The van der Waals surface area contributed by atoms with Gasteiger partial charge < -0.3 is 10.2 Å². The lowest BCUT2D eigenvalue weighted by Gasteiger charge is -2.33. The summed E-state index contributed by atoms with van der Waals surface area (Å²) in [6, 6.07) is 26.2. The molecule has 3 aromatic carbocycles. The predicted molar refractivity (Wildman–Crippen MR) is 167 cm³/mol. The van der Waals surface area contributed by atoms with E-state index in [0.717, 1.165) is 46.8 Å². The average Bonchev–Trinajstić information content (AvgIpc) is 2.94. The zero-order valence-electron chi connectivity index (χ0n) is 24.2. The highest BCUT2D eigenvalue weighted by Crippen LogP contribution is 2.24. The van der Waals surface area contributed by atoms with E-state index in [1.165, 1.54) is 12.0 Å². The van der Waals surface area contributed by atoms with E-state index in [4.69, 9.17) is 0 Å². The number of amides is 2. The predicted octanol–water partition coefficient (Wildman–Crippen LogP) is 7.77. The first kappa shape index (κ1) is 30.0. The SMILES string of the molecule is CC(C)(C)c1ccc(CCC(=O)N(Cc2cccc(Br)c2)[C@@H](Cc2ccccc2)C(=O)NC2CCCCC2)cc1. The molecule has 1 aliphatic rings. The van der Waals surface area contributed by atoms with Gasteiger partial charge in [-0.2, -0.15) is 0 Å². The van der Waals surface area contributed by atoms with Gasteiger partial charge in [-0.25, -0.2) is 0 Å². The molecule has 0 heterocycles. The number of hydrogen-bond donors (Lipinski definition) is 1. The summed E-state index contributed by atoms with van der Waals surface area (Å²) in [4.78, 5) is 29.7. The molecule has 4 nitrogen and oxygen atoms in total. The second-order valence-electron chi connectivity index (χ2n) is 12.1. The fourth-order valence-corrected chi connectivity index (χ4v) is 5.94. The van der Waals surface area contributed by atoms with Crippen molar-refractivity contribution in [2.45, 2.75) is 96.2 Å². The molecule has 2 amide bonds. The van der Waals surface area contributed by atoms with Crippen LogP contribution in [0.15, 0.2) is 83.3 Å². The largest absolute Gasteiger partial charge is 0.352 e. The topological polar surface area (TPSA) is 49.4 Å².